The average Bonchev–Trinajstić information content (AvgIpc) is 2.47. The number of hydrogen-bond donors (Lipinski definition) is 0. The number of rotatable bonds is 3. The minimum Gasteiger partial charge on any atom is -0.489 e. The largest absolute Gasteiger partial charge is 0.489 e. The van der Waals surface area contributed by atoms with Gasteiger partial charge in [0.25, 0.3) is 0 Å². The summed E-state index contributed by atoms with van der Waals surface area (Å²) in [6.07, 6.45) is 2.59. The SMILES string of the molecule is O=C1CCCc2cc(OCc3ccc(Br)cc3)ccc21. The van der Waals surface area contributed by atoms with Crippen LogP contribution in [0, 0.1) is 0 Å². The predicted molar refractivity (Wildman–Crippen MR) is 82.2 cm³/mol. The second-order valence-electron chi connectivity index (χ2n) is 5.01. The Kier molecular flexibility index (Phi) is 3.88. The van der Waals surface area contributed by atoms with Gasteiger partial charge in [-0.25, -0.2) is 0 Å². The second-order valence-corrected chi connectivity index (χ2v) is 5.93. The average molecular weight is 331 g/mol. The highest BCUT2D eigenvalue weighted by Gasteiger charge is 2.17. The van der Waals surface area contributed by atoms with Crippen molar-refractivity contribution in [1.29, 1.82) is 0 Å². The van der Waals surface area contributed by atoms with Crippen molar-refractivity contribution < 1.29 is 9.53 Å². The first kappa shape index (κ1) is 13.4. The maximum Gasteiger partial charge on any atom is 0.163 e. The van der Waals surface area contributed by atoms with Crippen LogP contribution >= 0.6 is 15.9 Å². The minimum absolute atomic E-state index is 0.255. The number of hydrogen-bond acceptors (Lipinski definition) is 2. The summed E-state index contributed by atoms with van der Waals surface area (Å²) in [6.45, 7) is 0.542. The summed E-state index contributed by atoms with van der Waals surface area (Å²) in [5, 5.41) is 0. The summed E-state index contributed by atoms with van der Waals surface area (Å²) in [4.78, 5) is 11.8. The molecule has 0 atom stereocenters. The molecule has 0 saturated heterocycles. The van der Waals surface area contributed by atoms with Gasteiger partial charge in [0, 0.05) is 16.5 Å². The highest BCUT2D eigenvalue weighted by molar-refractivity contribution is 9.10. The van der Waals surface area contributed by atoms with Crippen LogP contribution in [0.3, 0.4) is 0 Å². The molecule has 0 radical (unpaired) electrons. The van der Waals surface area contributed by atoms with Crippen molar-refractivity contribution in [3.05, 3.63) is 63.6 Å². The van der Waals surface area contributed by atoms with E-state index in [2.05, 4.69) is 15.9 Å². The highest BCUT2D eigenvalue weighted by Crippen LogP contribution is 2.26. The van der Waals surface area contributed by atoms with Gasteiger partial charge >= 0.3 is 0 Å². The number of ketones is 1. The molecule has 2 nitrogen and oxygen atoms in total. The zero-order chi connectivity index (χ0) is 13.9. The third-order valence-corrected chi connectivity index (χ3v) is 4.07. The van der Waals surface area contributed by atoms with Crippen molar-refractivity contribution >= 4 is 21.7 Å². The molecule has 2 aromatic carbocycles. The van der Waals surface area contributed by atoms with Gasteiger partial charge in [-0.15, -0.1) is 0 Å². The van der Waals surface area contributed by atoms with E-state index < -0.39 is 0 Å². The summed E-state index contributed by atoms with van der Waals surface area (Å²) >= 11 is 3.42. The Morgan fingerprint density at radius 3 is 2.65 bits per heavy atom. The molecular formula is C17H15BrO2. The second kappa shape index (κ2) is 5.80. The molecule has 20 heavy (non-hydrogen) atoms. The summed E-state index contributed by atoms with van der Waals surface area (Å²) in [5.41, 5.74) is 3.11. The standard InChI is InChI=1S/C17H15BrO2/c18-14-6-4-12(5-7-14)11-20-15-8-9-16-13(10-15)2-1-3-17(16)19/h4-10H,1-3,11H2. The summed E-state index contributed by atoms with van der Waals surface area (Å²) in [5.74, 6) is 1.09. The molecule has 0 amide bonds. The number of fused-ring (bicyclic) bond motifs is 1. The molecule has 3 heteroatoms. The molecule has 2 aromatic rings. The number of carbonyl (C=O) groups excluding carboxylic acids is 1. The van der Waals surface area contributed by atoms with Gasteiger partial charge in [-0.1, -0.05) is 28.1 Å². The van der Waals surface area contributed by atoms with Crippen LogP contribution in [0.25, 0.3) is 0 Å². The van der Waals surface area contributed by atoms with E-state index in [1.807, 2.05) is 42.5 Å². The molecule has 0 saturated carbocycles. The van der Waals surface area contributed by atoms with E-state index in [-0.39, 0.29) is 5.78 Å². The van der Waals surface area contributed by atoms with Gasteiger partial charge in [0.05, 0.1) is 0 Å². The van der Waals surface area contributed by atoms with E-state index in [0.29, 0.717) is 13.0 Å². The van der Waals surface area contributed by atoms with E-state index in [4.69, 9.17) is 4.74 Å². The zero-order valence-corrected chi connectivity index (χ0v) is 12.7. The number of carbonyl (C=O) groups is 1. The van der Waals surface area contributed by atoms with Crippen LogP contribution in [0.15, 0.2) is 46.9 Å². The predicted octanol–water partition coefficient (Wildman–Crippen LogP) is 4.55. The first-order chi connectivity index (χ1) is 9.72. The molecule has 3 rings (SSSR count). The van der Waals surface area contributed by atoms with Crippen LogP contribution in [0.4, 0.5) is 0 Å². The van der Waals surface area contributed by atoms with Crippen LogP contribution < -0.4 is 4.74 Å². The van der Waals surface area contributed by atoms with Crippen molar-refractivity contribution in [3.63, 3.8) is 0 Å². The maximum atomic E-state index is 11.8. The minimum atomic E-state index is 0.255. The number of Topliss-reactive ketones (excluding diaryl/α,β-unsaturated/α-hetero) is 1. The van der Waals surface area contributed by atoms with E-state index >= 15 is 0 Å². The van der Waals surface area contributed by atoms with Gasteiger partial charge in [-0.2, -0.15) is 0 Å². The van der Waals surface area contributed by atoms with E-state index in [1.54, 1.807) is 0 Å². The Bertz CT molecular complexity index is 632. The topological polar surface area (TPSA) is 26.3 Å². The third-order valence-electron chi connectivity index (χ3n) is 3.55. The van der Waals surface area contributed by atoms with Crippen LogP contribution in [-0.4, -0.2) is 5.78 Å². The van der Waals surface area contributed by atoms with Gasteiger partial charge < -0.3 is 4.74 Å². The highest BCUT2D eigenvalue weighted by atomic mass is 79.9. The molecule has 102 valence electrons. The quantitative estimate of drug-likeness (QED) is 0.825. The lowest BCUT2D eigenvalue weighted by Gasteiger charge is -2.16. The Balaban J connectivity index is 1.72. The fourth-order valence-electron chi connectivity index (χ4n) is 2.46. The summed E-state index contributed by atoms with van der Waals surface area (Å²) in [6, 6.07) is 13.9. The van der Waals surface area contributed by atoms with Crippen LogP contribution in [0.5, 0.6) is 5.75 Å². The van der Waals surface area contributed by atoms with Crippen molar-refractivity contribution in [2.75, 3.05) is 0 Å². The molecule has 0 heterocycles. The Hall–Kier alpha value is -1.61. The number of ether oxygens (including phenoxy) is 1. The molecule has 0 bridgehead atoms. The first-order valence-electron chi connectivity index (χ1n) is 6.76. The van der Waals surface area contributed by atoms with E-state index in [1.165, 1.54) is 0 Å². The molecule has 0 fully saturated rings. The van der Waals surface area contributed by atoms with E-state index in [0.717, 1.165) is 39.8 Å². The summed E-state index contributed by atoms with van der Waals surface area (Å²) < 4.78 is 6.87. The Labute approximate surface area is 126 Å². The van der Waals surface area contributed by atoms with Gasteiger partial charge in [0.15, 0.2) is 5.78 Å². The van der Waals surface area contributed by atoms with Crippen molar-refractivity contribution in [2.24, 2.45) is 0 Å². The number of benzene rings is 2. The molecule has 0 aromatic heterocycles. The van der Waals surface area contributed by atoms with Crippen LogP contribution in [-0.2, 0) is 13.0 Å². The smallest absolute Gasteiger partial charge is 0.163 e. The lowest BCUT2D eigenvalue weighted by Crippen LogP contribution is -2.10. The molecule has 0 aliphatic heterocycles. The molecule has 0 spiro atoms. The molecular weight excluding hydrogens is 316 g/mol. The van der Waals surface area contributed by atoms with Gasteiger partial charge in [-0.3, -0.25) is 4.79 Å². The lowest BCUT2D eigenvalue weighted by atomic mass is 9.90. The Morgan fingerprint density at radius 1 is 1.05 bits per heavy atom. The Morgan fingerprint density at radius 2 is 1.85 bits per heavy atom. The zero-order valence-electron chi connectivity index (χ0n) is 11.1. The first-order valence-corrected chi connectivity index (χ1v) is 7.55. The molecule has 1 aliphatic rings. The fourth-order valence-corrected chi connectivity index (χ4v) is 2.72. The monoisotopic (exact) mass is 330 g/mol. The van der Waals surface area contributed by atoms with Gasteiger partial charge in [-0.05, 0) is 54.3 Å². The van der Waals surface area contributed by atoms with Gasteiger partial charge in [0.2, 0.25) is 0 Å². The number of halogens is 1. The lowest BCUT2D eigenvalue weighted by molar-refractivity contribution is 0.0972. The fraction of sp³-hybridized carbons (Fsp3) is 0.235. The maximum absolute atomic E-state index is 11.8. The van der Waals surface area contributed by atoms with Crippen molar-refractivity contribution in [1.82, 2.24) is 0 Å². The van der Waals surface area contributed by atoms with Crippen molar-refractivity contribution in [3.8, 4) is 5.75 Å². The molecule has 0 N–H and O–H groups in total. The van der Waals surface area contributed by atoms with Crippen LogP contribution in [0.2, 0.25) is 0 Å². The summed E-state index contributed by atoms with van der Waals surface area (Å²) in [7, 11) is 0. The van der Waals surface area contributed by atoms with Crippen molar-refractivity contribution in [2.45, 2.75) is 25.9 Å². The van der Waals surface area contributed by atoms with Gasteiger partial charge in [0.1, 0.15) is 12.4 Å². The van der Waals surface area contributed by atoms with E-state index in [9.17, 15) is 4.79 Å². The van der Waals surface area contributed by atoms with Crippen LogP contribution in [0.1, 0.15) is 34.3 Å². The third kappa shape index (κ3) is 2.93. The molecule has 1 aliphatic carbocycles. The normalized spacial score (nSPS) is 13.9. The molecule has 0 unspecified atom stereocenters. The number of aryl methyl sites for hydroxylation is 1.